The van der Waals surface area contributed by atoms with E-state index in [0.29, 0.717) is 0 Å². The first-order valence-electron chi connectivity index (χ1n) is 6.48. The number of carboxylic acid groups (broad SMARTS) is 2. The molecule has 0 heterocycles. The predicted molar refractivity (Wildman–Crippen MR) is 63.7 cm³/mol. The molecular weight excluding hydrogens is 220 g/mol. The molecule has 0 aliphatic heterocycles. The highest BCUT2D eigenvalue weighted by molar-refractivity contribution is 5.80. The Labute approximate surface area is 102 Å². The molecule has 17 heavy (non-hydrogen) atoms. The summed E-state index contributed by atoms with van der Waals surface area (Å²) >= 11 is 0. The normalized spacial score (nSPS) is 34.0. The first-order valence-corrected chi connectivity index (χ1v) is 6.48. The van der Waals surface area contributed by atoms with Gasteiger partial charge in [-0.3, -0.25) is 9.59 Å². The smallest absolute Gasteiger partial charge is 0.307 e. The quantitative estimate of drug-likeness (QED) is 0.743. The van der Waals surface area contributed by atoms with Gasteiger partial charge in [0.15, 0.2) is 0 Å². The molecule has 4 unspecified atom stereocenters. The summed E-state index contributed by atoms with van der Waals surface area (Å²) in [6.07, 6.45) is 4.13. The molecule has 1 fully saturated rings. The molecule has 0 aromatic rings. The van der Waals surface area contributed by atoms with E-state index in [0.717, 1.165) is 32.1 Å². The van der Waals surface area contributed by atoms with Crippen LogP contribution in [-0.4, -0.2) is 22.2 Å². The SMILES string of the molecule is CCC1CCCC(CC)C(C(=O)O)C1C(=O)O. The second kappa shape index (κ2) is 6.03. The number of rotatable bonds is 4. The number of carboxylic acids is 2. The topological polar surface area (TPSA) is 74.6 Å². The zero-order chi connectivity index (χ0) is 13.0. The summed E-state index contributed by atoms with van der Waals surface area (Å²) in [5.41, 5.74) is 0. The van der Waals surface area contributed by atoms with Gasteiger partial charge in [0, 0.05) is 0 Å². The van der Waals surface area contributed by atoms with Crippen molar-refractivity contribution in [3.63, 3.8) is 0 Å². The van der Waals surface area contributed by atoms with E-state index < -0.39 is 23.8 Å². The highest BCUT2D eigenvalue weighted by atomic mass is 16.4. The van der Waals surface area contributed by atoms with Crippen LogP contribution in [0.4, 0.5) is 0 Å². The molecule has 1 rings (SSSR count). The van der Waals surface area contributed by atoms with Crippen molar-refractivity contribution in [3.8, 4) is 0 Å². The van der Waals surface area contributed by atoms with Crippen molar-refractivity contribution in [1.82, 2.24) is 0 Å². The van der Waals surface area contributed by atoms with Crippen molar-refractivity contribution < 1.29 is 19.8 Å². The van der Waals surface area contributed by atoms with Crippen LogP contribution in [0.5, 0.6) is 0 Å². The van der Waals surface area contributed by atoms with Crippen LogP contribution in [0.3, 0.4) is 0 Å². The molecule has 0 bridgehead atoms. The van der Waals surface area contributed by atoms with E-state index in [4.69, 9.17) is 0 Å². The number of hydrogen-bond donors (Lipinski definition) is 2. The number of carbonyl (C=O) groups is 2. The van der Waals surface area contributed by atoms with Crippen LogP contribution in [0.15, 0.2) is 0 Å². The zero-order valence-corrected chi connectivity index (χ0v) is 10.6. The maximum Gasteiger partial charge on any atom is 0.307 e. The summed E-state index contributed by atoms with van der Waals surface area (Å²) in [7, 11) is 0. The third-order valence-electron chi connectivity index (χ3n) is 4.17. The Bertz CT molecular complexity index is 259. The number of hydrogen-bond acceptors (Lipinski definition) is 2. The second-order valence-electron chi connectivity index (χ2n) is 5.00. The van der Waals surface area contributed by atoms with E-state index in [-0.39, 0.29) is 11.8 Å². The largest absolute Gasteiger partial charge is 0.481 e. The molecule has 0 aromatic heterocycles. The Kier molecular flexibility index (Phi) is 4.97. The molecule has 4 nitrogen and oxygen atoms in total. The monoisotopic (exact) mass is 242 g/mol. The molecule has 1 aliphatic carbocycles. The van der Waals surface area contributed by atoms with Gasteiger partial charge in [-0.05, 0) is 24.7 Å². The van der Waals surface area contributed by atoms with E-state index in [9.17, 15) is 19.8 Å². The van der Waals surface area contributed by atoms with Gasteiger partial charge in [-0.1, -0.05) is 33.1 Å². The lowest BCUT2D eigenvalue weighted by molar-refractivity contribution is -0.158. The van der Waals surface area contributed by atoms with Crippen molar-refractivity contribution in [1.29, 1.82) is 0 Å². The predicted octanol–water partition coefficient (Wildman–Crippen LogP) is 2.62. The fourth-order valence-electron chi connectivity index (χ4n) is 3.21. The molecule has 1 saturated carbocycles. The Morgan fingerprint density at radius 2 is 1.29 bits per heavy atom. The summed E-state index contributed by atoms with van der Waals surface area (Å²) in [5, 5.41) is 18.7. The molecule has 0 spiro atoms. The molecule has 98 valence electrons. The molecular formula is C13H22O4. The third kappa shape index (κ3) is 2.99. The van der Waals surface area contributed by atoms with Gasteiger partial charge in [-0.25, -0.2) is 0 Å². The third-order valence-corrected chi connectivity index (χ3v) is 4.17. The lowest BCUT2D eigenvalue weighted by Gasteiger charge is -2.28. The summed E-state index contributed by atoms with van der Waals surface area (Å²) in [6, 6.07) is 0. The van der Waals surface area contributed by atoms with Crippen LogP contribution in [0.1, 0.15) is 46.0 Å². The molecule has 4 heteroatoms. The molecule has 1 aliphatic rings. The van der Waals surface area contributed by atoms with Gasteiger partial charge in [0.05, 0.1) is 11.8 Å². The minimum atomic E-state index is -0.940. The second-order valence-corrected chi connectivity index (χ2v) is 5.00. The molecule has 0 amide bonds. The van der Waals surface area contributed by atoms with Crippen LogP contribution >= 0.6 is 0 Å². The van der Waals surface area contributed by atoms with E-state index in [1.165, 1.54) is 0 Å². The maximum atomic E-state index is 11.4. The van der Waals surface area contributed by atoms with Gasteiger partial charge in [0.1, 0.15) is 0 Å². The summed E-state index contributed by atoms with van der Waals surface area (Å²) in [6.45, 7) is 3.90. The molecule has 4 atom stereocenters. The first-order chi connectivity index (χ1) is 8.02. The van der Waals surface area contributed by atoms with Gasteiger partial charge in [-0.2, -0.15) is 0 Å². The first kappa shape index (κ1) is 14.0. The molecule has 2 N–H and O–H groups in total. The maximum absolute atomic E-state index is 11.4. The van der Waals surface area contributed by atoms with Gasteiger partial charge < -0.3 is 10.2 Å². The van der Waals surface area contributed by atoms with Gasteiger partial charge >= 0.3 is 11.9 Å². The lowest BCUT2D eigenvalue weighted by Crippen LogP contribution is -2.38. The van der Waals surface area contributed by atoms with Crippen LogP contribution in [0, 0.1) is 23.7 Å². The standard InChI is InChI=1S/C13H22O4/c1-3-8-6-5-7-9(4-2)11(13(16)17)10(8)12(14)15/h8-11H,3-7H2,1-2H3,(H,14,15)(H,16,17). The highest BCUT2D eigenvalue weighted by Gasteiger charge is 2.44. The lowest BCUT2D eigenvalue weighted by atomic mass is 9.74. The fourth-order valence-corrected chi connectivity index (χ4v) is 3.21. The Hall–Kier alpha value is -1.06. The summed E-state index contributed by atoms with van der Waals surface area (Å²) < 4.78 is 0. The van der Waals surface area contributed by atoms with Crippen LogP contribution < -0.4 is 0 Å². The minimum absolute atomic E-state index is 0.00477. The zero-order valence-electron chi connectivity index (χ0n) is 10.6. The minimum Gasteiger partial charge on any atom is -0.481 e. The Morgan fingerprint density at radius 1 is 0.941 bits per heavy atom. The van der Waals surface area contributed by atoms with E-state index in [1.807, 2.05) is 13.8 Å². The van der Waals surface area contributed by atoms with E-state index in [1.54, 1.807) is 0 Å². The van der Waals surface area contributed by atoms with Crippen LogP contribution in [0.2, 0.25) is 0 Å². The van der Waals surface area contributed by atoms with Crippen molar-refractivity contribution in [2.75, 3.05) is 0 Å². The van der Waals surface area contributed by atoms with Crippen LogP contribution in [-0.2, 0) is 9.59 Å². The molecule has 0 aromatic carbocycles. The van der Waals surface area contributed by atoms with Crippen molar-refractivity contribution >= 4 is 11.9 Å². The average Bonchev–Trinajstić information content (AvgIpc) is 2.46. The van der Waals surface area contributed by atoms with Gasteiger partial charge in [0.2, 0.25) is 0 Å². The van der Waals surface area contributed by atoms with Gasteiger partial charge in [-0.15, -0.1) is 0 Å². The fraction of sp³-hybridized carbons (Fsp3) is 0.846. The van der Waals surface area contributed by atoms with Crippen molar-refractivity contribution in [2.24, 2.45) is 23.7 Å². The molecule has 0 radical (unpaired) electrons. The van der Waals surface area contributed by atoms with Gasteiger partial charge in [0.25, 0.3) is 0 Å². The van der Waals surface area contributed by atoms with Crippen molar-refractivity contribution in [2.45, 2.75) is 46.0 Å². The Morgan fingerprint density at radius 3 is 1.53 bits per heavy atom. The number of aliphatic carboxylic acids is 2. The molecule has 0 saturated heterocycles. The average molecular weight is 242 g/mol. The summed E-state index contributed by atoms with van der Waals surface area (Å²) in [5.74, 6) is -3.31. The Balaban J connectivity index is 3.07. The van der Waals surface area contributed by atoms with Crippen LogP contribution in [0.25, 0.3) is 0 Å². The van der Waals surface area contributed by atoms with Crippen molar-refractivity contribution in [3.05, 3.63) is 0 Å². The van der Waals surface area contributed by atoms with E-state index in [2.05, 4.69) is 0 Å². The van der Waals surface area contributed by atoms with E-state index >= 15 is 0 Å². The highest BCUT2D eigenvalue weighted by Crippen LogP contribution is 2.40. The summed E-state index contributed by atoms with van der Waals surface area (Å²) in [4.78, 5) is 22.8.